The van der Waals surface area contributed by atoms with E-state index in [-0.39, 0.29) is 0 Å². The molecule has 0 amide bonds. The molecule has 0 spiro atoms. The monoisotopic (exact) mass is 183 g/mol. The molecule has 0 aliphatic rings. The van der Waals surface area contributed by atoms with E-state index in [0.29, 0.717) is 0 Å². The van der Waals surface area contributed by atoms with Gasteiger partial charge in [-0.1, -0.05) is 0 Å². The van der Waals surface area contributed by atoms with Gasteiger partial charge >= 0.3 is 11.8 Å². The van der Waals surface area contributed by atoms with Gasteiger partial charge < -0.3 is 14.9 Å². The number of rotatable bonds is 2. The summed E-state index contributed by atoms with van der Waals surface area (Å²) in [5.74, 6) is -1.48. The quantitative estimate of drug-likeness (QED) is 0.368. The van der Waals surface area contributed by atoms with Crippen LogP contribution in [0.25, 0.3) is 0 Å². The van der Waals surface area contributed by atoms with Gasteiger partial charge in [0.05, 0.1) is 13.3 Å². The van der Waals surface area contributed by atoms with Crippen molar-refractivity contribution in [1.82, 2.24) is 9.97 Å². The lowest BCUT2D eigenvalue weighted by Gasteiger charge is -1.97. The molecular weight excluding hydrogens is 178 g/mol. The summed E-state index contributed by atoms with van der Waals surface area (Å²) >= 11 is 0. The Morgan fingerprint density at radius 2 is 2.15 bits per heavy atom. The Balaban J connectivity index is 3.19. The van der Waals surface area contributed by atoms with Crippen molar-refractivity contribution in [1.29, 1.82) is 0 Å². The van der Waals surface area contributed by atoms with Gasteiger partial charge in [-0.2, -0.15) is 0 Å². The van der Waals surface area contributed by atoms with Crippen LogP contribution < -0.4 is 0 Å². The number of hydrogen-bond donors (Lipinski definition) is 0. The molecule has 1 aromatic rings. The van der Waals surface area contributed by atoms with E-state index in [9.17, 15) is 14.9 Å². The zero-order valence-corrected chi connectivity index (χ0v) is 6.63. The van der Waals surface area contributed by atoms with Gasteiger partial charge in [0.25, 0.3) is 0 Å². The summed E-state index contributed by atoms with van der Waals surface area (Å²) < 4.78 is 4.28. The van der Waals surface area contributed by atoms with E-state index >= 15 is 0 Å². The lowest BCUT2D eigenvalue weighted by atomic mass is 10.4. The summed E-state index contributed by atoms with van der Waals surface area (Å²) in [5, 5.41) is 10.3. The minimum atomic E-state index is -0.875. The van der Waals surface area contributed by atoms with Crippen LogP contribution in [0, 0.1) is 10.1 Å². The normalized spacial score (nSPS) is 9.31. The summed E-state index contributed by atoms with van der Waals surface area (Å²) in [7, 11) is 1.11. The SMILES string of the molecule is COC(=O)c1nccnc1[N+](=O)[O-]. The maximum Gasteiger partial charge on any atom is 0.397 e. The van der Waals surface area contributed by atoms with Gasteiger partial charge in [-0.3, -0.25) is 0 Å². The summed E-state index contributed by atoms with van der Waals surface area (Å²) in [5.41, 5.74) is -0.394. The number of nitrogens with zero attached hydrogens (tertiary/aromatic N) is 3. The number of nitro groups is 1. The van der Waals surface area contributed by atoms with Crippen molar-refractivity contribution in [3.63, 3.8) is 0 Å². The van der Waals surface area contributed by atoms with Crippen LogP contribution in [0.2, 0.25) is 0 Å². The van der Waals surface area contributed by atoms with Crippen LogP contribution in [0.15, 0.2) is 12.4 Å². The Morgan fingerprint density at radius 1 is 1.54 bits per heavy atom. The van der Waals surface area contributed by atoms with Gasteiger partial charge in [0.2, 0.25) is 5.69 Å². The molecule has 13 heavy (non-hydrogen) atoms. The highest BCUT2D eigenvalue weighted by Gasteiger charge is 2.23. The molecule has 1 aromatic heterocycles. The minimum absolute atomic E-state index is 0.394. The molecule has 68 valence electrons. The van der Waals surface area contributed by atoms with Crippen molar-refractivity contribution >= 4 is 11.8 Å². The average molecular weight is 183 g/mol. The zero-order valence-electron chi connectivity index (χ0n) is 6.63. The predicted molar refractivity (Wildman–Crippen MR) is 40.0 cm³/mol. The van der Waals surface area contributed by atoms with Crippen LogP contribution in [0.1, 0.15) is 10.5 Å². The first-order chi connectivity index (χ1) is 6.16. The van der Waals surface area contributed by atoms with E-state index in [1.54, 1.807) is 0 Å². The molecule has 0 fully saturated rings. The van der Waals surface area contributed by atoms with Crippen molar-refractivity contribution in [2.24, 2.45) is 0 Å². The van der Waals surface area contributed by atoms with Crippen LogP contribution in [0.5, 0.6) is 0 Å². The summed E-state index contributed by atoms with van der Waals surface area (Å²) in [6.45, 7) is 0. The molecule has 0 N–H and O–H groups in total. The van der Waals surface area contributed by atoms with Crippen LogP contribution in [-0.2, 0) is 4.74 Å². The topological polar surface area (TPSA) is 95.2 Å². The minimum Gasteiger partial charge on any atom is -0.464 e. The summed E-state index contributed by atoms with van der Waals surface area (Å²) in [6, 6.07) is 0. The smallest absolute Gasteiger partial charge is 0.397 e. The molecule has 0 aliphatic heterocycles. The molecule has 7 heteroatoms. The van der Waals surface area contributed by atoms with E-state index in [1.165, 1.54) is 6.20 Å². The lowest BCUT2D eigenvalue weighted by Crippen LogP contribution is -2.09. The van der Waals surface area contributed by atoms with E-state index in [4.69, 9.17) is 0 Å². The first-order valence-corrected chi connectivity index (χ1v) is 3.20. The van der Waals surface area contributed by atoms with Crippen LogP contribution in [0.4, 0.5) is 5.82 Å². The molecule has 0 saturated carbocycles. The maximum absolute atomic E-state index is 10.9. The fourth-order valence-corrected chi connectivity index (χ4v) is 0.705. The lowest BCUT2D eigenvalue weighted by molar-refractivity contribution is -0.390. The number of methoxy groups -OCH3 is 1. The molecule has 1 heterocycles. The van der Waals surface area contributed by atoms with Gasteiger partial charge in [0.15, 0.2) is 6.20 Å². The van der Waals surface area contributed by atoms with Crippen molar-refractivity contribution in [3.05, 3.63) is 28.2 Å². The number of carbonyl (C=O) groups is 1. The standard InChI is InChI=1S/C6H5N3O4/c1-13-6(10)4-5(9(11)12)8-3-2-7-4/h2-3H,1H3. The van der Waals surface area contributed by atoms with Crippen LogP contribution >= 0.6 is 0 Å². The highest BCUT2D eigenvalue weighted by atomic mass is 16.6. The van der Waals surface area contributed by atoms with Crippen molar-refractivity contribution < 1.29 is 14.5 Å². The molecule has 1 rings (SSSR count). The molecule has 0 atom stereocenters. The number of aromatic nitrogens is 2. The third-order valence-electron chi connectivity index (χ3n) is 1.23. The number of hydrogen-bond acceptors (Lipinski definition) is 6. The fourth-order valence-electron chi connectivity index (χ4n) is 0.705. The second kappa shape index (κ2) is 3.57. The van der Waals surface area contributed by atoms with E-state index in [2.05, 4.69) is 14.7 Å². The second-order valence-electron chi connectivity index (χ2n) is 1.98. The van der Waals surface area contributed by atoms with Crippen LogP contribution in [-0.4, -0.2) is 28.0 Å². The van der Waals surface area contributed by atoms with Crippen LogP contribution in [0.3, 0.4) is 0 Å². The fraction of sp³-hybridized carbons (Fsp3) is 0.167. The Kier molecular flexibility index (Phi) is 2.48. The zero-order chi connectivity index (χ0) is 9.84. The van der Waals surface area contributed by atoms with Crippen molar-refractivity contribution in [2.75, 3.05) is 7.11 Å². The van der Waals surface area contributed by atoms with Gasteiger partial charge in [0, 0.05) is 0 Å². The van der Waals surface area contributed by atoms with Gasteiger partial charge in [-0.25, -0.2) is 9.78 Å². The van der Waals surface area contributed by atoms with E-state index < -0.39 is 22.4 Å². The first kappa shape index (κ1) is 9.04. The predicted octanol–water partition coefficient (Wildman–Crippen LogP) is 0.171. The van der Waals surface area contributed by atoms with Gasteiger partial charge in [0.1, 0.15) is 0 Å². The first-order valence-electron chi connectivity index (χ1n) is 3.20. The molecule has 0 unspecified atom stereocenters. The number of esters is 1. The van der Waals surface area contributed by atoms with E-state index in [1.807, 2.05) is 0 Å². The molecule has 0 radical (unpaired) electrons. The summed E-state index contributed by atoms with van der Waals surface area (Å²) in [4.78, 5) is 27.3. The second-order valence-corrected chi connectivity index (χ2v) is 1.98. The third-order valence-corrected chi connectivity index (χ3v) is 1.23. The average Bonchev–Trinajstić information content (AvgIpc) is 2.16. The Morgan fingerprint density at radius 3 is 2.69 bits per heavy atom. The Bertz CT molecular complexity index is 351. The largest absolute Gasteiger partial charge is 0.464 e. The van der Waals surface area contributed by atoms with Crippen molar-refractivity contribution in [2.45, 2.75) is 0 Å². The highest BCUT2D eigenvalue weighted by molar-refractivity contribution is 5.90. The molecule has 7 nitrogen and oxygen atoms in total. The Hall–Kier alpha value is -2.05. The Labute approximate surface area is 72.5 Å². The molecule has 0 aromatic carbocycles. The molecule has 0 bridgehead atoms. The molecule has 0 aliphatic carbocycles. The third kappa shape index (κ3) is 1.75. The molecule has 0 saturated heterocycles. The van der Waals surface area contributed by atoms with E-state index in [0.717, 1.165) is 13.3 Å². The van der Waals surface area contributed by atoms with Gasteiger partial charge in [-0.15, -0.1) is 0 Å². The molecular formula is C6H5N3O4. The highest BCUT2D eigenvalue weighted by Crippen LogP contribution is 2.11. The number of ether oxygens (including phenoxy) is 1. The number of carbonyl (C=O) groups excluding carboxylic acids is 1. The van der Waals surface area contributed by atoms with Crippen molar-refractivity contribution in [3.8, 4) is 0 Å². The maximum atomic E-state index is 10.9. The van der Waals surface area contributed by atoms with Gasteiger partial charge in [-0.05, 0) is 9.91 Å². The summed E-state index contributed by atoms with van der Waals surface area (Å²) in [6.07, 6.45) is 2.31.